The van der Waals surface area contributed by atoms with Crippen molar-refractivity contribution in [2.24, 2.45) is 0 Å². The lowest BCUT2D eigenvalue weighted by molar-refractivity contribution is 0.171. The Hall–Kier alpha value is -2.52. The smallest absolute Gasteiger partial charge is 0.243 e. The Morgan fingerprint density at radius 1 is 1.00 bits per heavy atom. The Kier molecular flexibility index (Phi) is 5.98. The molecule has 2 aliphatic rings. The van der Waals surface area contributed by atoms with Gasteiger partial charge < -0.3 is 18.9 Å². The lowest BCUT2D eigenvalue weighted by Gasteiger charge is -2.31. The fraction of sp³-hybridized carbons (Fsp3) is 0.455. The van der Waals surface area contributed by atoms with Crippen LogP contribution in [0, 0.1) is 5.82 Å². The third-order valence-electron chi connectivity index (χ3n) is 6.04. The summed E-state index contributed by atoms with van der Waals surface area (Å²) in [5, 5.41) is 0. The first-order valence-electron chi connectivity index (χ1n) is 10.2. The van der Waals surface area contributed by atoms with Crippen LogP contribution in [-0.2, 0) is 15.4 Å². The van der Waals surface area contributed by atoms with Gasteiger partial charge in [-0.25, -0.2) is 17.5 Å². The third-order valence-corrected chi connectivity index (χ3v) is 7.46. The molecule has 9 heteroatoms. The van der Waals surface area contributed by atoms with E-state index in [1.54, 1.807) is 0 Å². The highest BCUT2D eigenvalue weighted by molar-refractivity contribution is 7.89. The van der Waals surface area contributed by atoms with Crippen molar-refractivity contribution in [2.75, 3.05) is 34.0 Å². The van der Waals surface area contributed by atoms with E-state index in [-0.39, 0.29) is 18.0 Å². The van der Waals surface area contributed by atoms with Crippen LogP contribution in [0.2, 0.25) is 0 Å². The molecule has 0 aromatic heterocycles. The highest BCUT2D eigenvalue weighted by Gasteiger charge is 2.38. The second-order valence-electron chi connectivity index (χ2n) is 7.81. The van der Waals surface area contributed by atoms with Crippen LogP contribution in [0.3, 0.4) is 0 Å². The number of hydrogen-bond donors (Lipinski definition) is 1. The number of rotatable bonds is 7. The van der Waals surface area contributed by atoms with Gasteiger partial charge in [-0.15, -0.1) is 0 Å². The van der Waals surface area contributed by atoms with Crippen molar-refractivity contribution in [3.63, 3.8) is 0 Å². The zero-order valence-electron chi connectivity index (χ0n) is 17.6. The van der Waals surface area contributed by atoms with E-state index in [0.29, 0.717) is 24.7 Å². The lowest BCUT2D eigenvalue weighted by atomic mass is 9.79. The molecule has 0 radical (unpaired) electrons. The molecule has 4 rings (SSSR count). The highest BCUT2D eigenvalue weighted by atomic mass is 32.2. The van der Waals surface area contributed by atoms with Crippen molar-refractivity contribution in [2.45, 2.75) is 36.0 Å². The van der Waals surface area contributed by atoms with Crippen molar-refractivity contribution < 1.29 is 31.8 Å². The van der Waals surface area contributed by atoms with Crippen molar-refractivity contribution in [3.05, 3.63) is 41.7 Å². The van der Waals surface area contributed by atoms with Gasteiger partial charge in [0.05, 0.1) is 14.2 Å². The number of benzene rings is 2. The maximum atomic E-state index is 14.6. The molecule has 168 valence electrons. The Balaban J connectivity index is 1.61. The zero-order valence-corrected chi connectivity index (χ0v) is 18.4. The molecular formula is C22H26FNO6S. The summed E-state index contributed by atoms with van der Waals surface area (Å²) in [6.45, 7) is 1.14. The number of sulfonamides is 1. The summed E-state index contributed by atoms with van der Waals surface area (Å²) in [6.07, 6.45) is 3.62. The Labute approximate surface area is 181 Å². The molecule has 2 aromatic rings. The molecule has 1 aliphatic carbocycles. The van der Waals surface area contributed by atoms with Crippen LogP contribution < -0.4 is 23.7 Å². The maximum Gasteiger partial charge on any atom is 0.243 e. The van der Waals surface area contributed by atoms with Gasteiger partial charge in [0.1, 0.15) is 23.9 Å². The Bertz CT molecular complexity index is 1070. The normalized spacial score (nSPS) is 17.4. The lowest BCUT2D eigenvalue weighted by Crippen LogP contribution is -2.39. The number of hydrogen-bond acceptors (Lipinski definition) is 6. The van der Waals surface area contributed by atoms with E-state index in [2.05, 4.69) is 4.72 Å². The summed E-state index contributed by atoms with van der Waals surface area (Å²) in [6, 6.07) is 7.92. The van der Waals surface area contributed by atoms with Crippen LogP contribution >= 0.6 is 0 Å². The number of methoxy groups -OCH3 is 2. The van der Waals surface area contributed by atoms with Crippen molar-refractivity contribution in [3.8, 4) is 23.0 Å². The van der Waals surface area contributed by atoms with Gasteiger partial charge in [0.25, 0.3) is 0 Å². The van der Waals surface area contributed by atoms with E-state index in [1.165, 1.54) is 14.2 Å². The first kappa shape index (κ1) is 21.7. The van der Waals surface area contributed by atoms with Gasteiger partial charge in [0.15, 0.2) is 23.0 Å². The van der Waals surface area contributed by atoms with Crippen LogP contribution in [0.1, 0.15) is 31.2 Å². The molecule has 0 unspecified atom stereocenters. The molecule has 0 atom stereocenters. The van der Waals surface area contributed by atoms with Gasteiger partial charge in [-0.05, 0) is 30.5 Å². The monoisotopic (exact) mass is 451 g/mol. The minimum absolute atomic E-state index is 0.127. The number of halogens is 1. The molecule has 1 saturated carbocycles. The standard InChI is InChI=1S/C22H26FNO6S/c1-27-18-12-16(23)21(13-19(18)28-2)31(25,26)24-14-22(7-3-4-8-22)15-5-6-17-20(11-15)30-10-9-29-17/h5-6,11-13,24H,3-4,7-10,14H2,1-2H3. The quantitative estimate of drug-likeness (QED) is 0.695. The molecule has 1 fully saturated rings. The molecule has 2 aromatic carbocycles. The predicted octanol–water partition coefficient (Wildman–Crippen LogP) is 3.40. The maximum absolute atomic E-state index is 14.6. The molecule has 0 saturated heterocycles. The Morgan fingerprint density at radius 2 is 1.65 bits per heavy atom. The molecule has 1 heterocycles. The average molecular weight is 452 g/mol. The first-order chi connectivity index (χ1) is 14.9. The van der Waals surface area contributed by atoms with E-state index in [0.717, 1.165) is 43.4 Å². The summed E-state index contributed by atoms with van der Waals surface area (Å²) >= 11 is 0. The topological polar surface area (TPSA) is 83.1 Å². The van der Waals surface area contributed by atoms with E-state index in [4.69, 9.17) is 18.9 Å². The minimum Gasteiger partial charge on any atom is -0.493 e. The molecular weight excluding hydrogens is 425 g/mol. The Morgan fingerprint density at radius 3 is 2.32 bits per heavy atom. The second kappa shape index (κ2) is 8.55. The summed E-state index contributed by atoms with van der Waals surface area (Å²) in [5.74, 6) is 0.735. The molecule has 7 nitrogen and oxygen atoms in total. The van der Waals surface area contributed by atoms with E-state index < -0.39 is 26.2 Å². The summed E-state index contributed by atoms with van der Waals surface area (Å²) < 4.78 is 64.7. The largest absolute Gasteiger partial charge is 0.493 e. The van der Waals surface area contributed by atoms with Gasteiger partial charge in [-0.1, -0.05) is 18.9 Å². The zero-order chi connectivity index (χ0) is 22.1. The fourth-order valence-electron chi connectivity index (χ4n) is 4.34. The van der Waals surface area contributed by atoms with Crippen molar-refractivity contribution >= 4 is 10.0 Å². The molecule has 0 bridgehead atoms. The van der Waals surface area contributed by atoms with E-state index in [1.807, 2.05) is 18.2 Å². The number of nitrogens with one attached hydrogen (secondary N) is 1. The molecule has 1 N–H and O–H groups in total. The van der Waals surface area contributed by atoms with Gasteiger partial charge in [-0.2, -0.15) is 0 Å². The van der Waals surface area contributed by atoms with Gasteiger partial charge in [0, 0.05) is 24.1 Å². The SMILES string of the molecule is COc1cc(F)c(S(=O)(=O)NCC2(c3ccc4c(c3)OCCO4)CCCC2)cc1OC. The van der Waals surface area contributed by atoms with Gasteiger partial charge >= 0.3 is 0 Å². The molecule has 0 amide bonds. The number of ether oxygens (including phenoxy) is 4. The first-order valence-corrected chi connectivity index (χ1v) is 11.7. The van der Waals surface area contributed by atoms with Crippen LogP contribution in [-0.4, -0.2) is 42.4 Å². The minimum atomic E-state index is -4.12. The molecule has 0 spiro atoms. The molecule has 31 heavy (non-hydrogen) atoms. The van der Waals surface area contributed by atoms with Crippen molar-refractivity contribution in [1.82, 2.24) is 4.72 Å². The van der Waals surface area contributed by atoms with Gasteiger partial charge in [0.2, 0.25) is 10.0 Å². The van der Waals surface area contributed by atoms with Crippen LogP contribution in [0.25, 0.3) is 0 Å². The summed E-state index contributed by atoms with van der Waals surface area (Å²) in [5.41, 5.74) is 0.598. The van der Waals surface area contributed by atoms with Gasteiger partial charge in [-0.3, -0.25) is 0 Å². The van der Waals surface area contributed by atoms with Crippen LogP contribution in [0.5, 0.6) is 23.0 Å². The third kappa shape index (κ3) is 4.16. The van der Waals surface area contributed by atoms with Crippen LogP contribution in [0.4, 0.5) is 4.39 Å². The van der Waals surface area contributed by atoms with Crippen LogP contribution in [0.15, 0.2) is 35.2 Å². The fourth-order valence-corrected chi connectivity index (χ4v) is 5.54. The average Bonchev–Trinajstić information content (AvgIpc) is 3.27. The predicted molar refractivity (Wildman–Crippen MR) is 112 cm³/mol. The summed E-state index contributed by atoms with van der Waals surface area (Å²) in [4.78, 5) is -0.472. The number of fused-ring (bicyclic) bond motifs is 1. The van der Waals surface area contributed by atoms with E-state index >= 15 is 0 Å². The van der Waals surface area contributed by atoms with E-state index in [9.17, 15) is 12.8 Å². The summed E-state index contributed by atoms with van der Waals surface area (Å²) in [7, 11) is -1.38. The highest BCUT2D eigenvalue weighted by Crippen LogP contribution is 2.44. The second-order valence-corrected chi connectivity index (χ2v) is 9.54. The van der Waals surface area contributed by atoms with Crippen molar-refractivity contribution in [1.29, 1.82) is 0 Å². The molecule has 1 aliphatic heterocycles.